The molecule has 0 aliphatic carbocycles. The zero-order valence-electron chi connectivity index (χ0n) is 15.1. The van der Waals surface area contributed by atoms with Crippen LogP contribution in [0.5, 0.6) is 17.4 Å². The van der Waals surface area contributed by atoms with Crippen LogP contribution in [0.15, 0.2) is 42.6 Å². The van der Waals surface area contributed by atoms with Crippen LogP contribution in [0.25, 0.3) is 0 Å². The van der Waals surface area contributed by atoms with Crippen molar-refractivity contribution in [1.82, 2.24) is 10.3 Å². The van der Waals surface area contributed by atoms with Gasteiger partial charge >= 0.3 is 0 Å². The lowest BCUT2D eigenvalue weighted by Gasteiger charge is -2.25. The Labute approximate surface area is 148 Å². The largest absolute Gasteiger partial charge is 0.497 e. The van der Waals surface area contributed by atoms with Crippen LogP contribution < -0.4 is 20.5 Å². The number of nitrogens with two attached hydrogens (primary N) is 1. The predicted octanol–water partition coefficient (Wildman–Crippen LogP) is 2.87. The maximum atomic E-state index is 12.0. The van der Waals surface area contributed by atoms with Gasteiger partial charge in [-0.25, -0.2) is 4.98 Å². The smallest absolute Gasteiger partial charge is 0.237 e. The standard InChI is InChI=1S/C19H25N3O3/c1-19(2,3)17(20)18(23)22-12-13-8-9-16(21-11-13)25-15-7-5-6-14(10-15)24-4/h5-11,17H,12,20H2,1-4H3,(H,22,23)/t17-/m1/s1. The second-order valence-electron chi connectivity index (χ2n) is 6.85. The zero-order chi connectivity index (χ0) is 18.4. The van der Waals surface area contributed by atoms with Gasteiger partial charge in [-0.15, -0.1) is 0 Å². The van der Waals surface area contributed by atoms with Crippen LogP contribution in [0.3, 0.4) is 0 Å². The van der Waals surface area contributed by atoms with E-state index in [0.717, 1.165) is 5.56 Å². The molecule has 6 nitrogen and oxygen atoms in total. The molecule has 25 heavy (non-hydrogen) atoms. The third-order valence-corrected chi connectivity index (χ3v) is 3.74. The number of nitrogens with zero attached hydrogens (tertiary/aromatic N) is 1. The lowest BCUT2D eigenvalue weighted by Crippen LogP contribution is -2.48. The van der Waals surface area contributed by atoms with E-state index in [0.29, 0.717) is 23.9 Å². The number of hydrogen-bond acceptors (Lipinski definition) is 5. The van der Waals surface area contributed by atoms with Crippen molar-refractivity contribution >= 4 is 5.91 Å². The van der Waals surface area contributed by atoms with E-state index in [1.807, 2.05) is 45.0 Å². The van der Waals surface area contributed by atoms with Gasteiger partial charge in [0.1, 0.15) is 11.5 Å². The molecule has 0 saturated carbocycles. The van der Waals surface area contributed by atoms with Crippen LogP contribution in [-0.2, 0) is 11.3 Å². The summed E-state index contributed by atoms with van der Waals surface area (Å²) >= 11 is 0. The van der Waals surface area contributed by atoms with E-state index < -0.39 is 6.04 Å². The summed E-state index contributed by atoms with van der Waals surface area (Å²) in [4.78, 5) is 16.3. The average Bonchev–Trinajstić information content (AvgIpc) is 2.59. The van der Waals surface area contributed by atoms with E-state index >= 15 is 0 Å². The number of rotatable bonds is 6. The number of benzene rings is 1. The van der Waals surface area contributed by atoms with Gasteiger partial charge in [0.2, 0.25) is 11.8 Å². The zero-order valence-corrected chi connectivity index (χ0v) is 15.1. The summed E-state index contributed by atoms with van der Waals surface area (Å²) in [6, 6.07) is 10.3. The Bertz CT molecular complexity index is 709. The predicted molar refractivity (Wildman–Crippen MR) is 96.6 cm³/mol. The third-order valence-electron chi connectivity index (χ3n) is 3.74. The molecule has 0 unspecified atom stereocenters. The molecule has 0 aliphatic heterocycles. The molecule has 6 heteroatoms. The molecule has 3 N–H and O–H groups in total. The molecule has 0 fully saturated rings. The van der Waals surface area contributed by atoms with Crippen molar-refractivity contribution in [2.24, 2.45) is 11.1 Å². The topological polar surface area (TPSA) is 86.5 Å². The van der Waals surface area contributed by atoms with Gasteiger partial charge in [-0.2, -0.15) is 0 Å². The quantitative estimate of drug-likeness (QED) is 0.842. The molecule has 2 aromatic rings. The van der Waals surface area contributed by atoms with Gasteiger partial charge in [0.25, 0.3) is 0 Å². The second-order valence-corrected chi connectivity index (χ2v) is 6.85. The highest BCUT2D eigenvalue weighted by Crippen LogP contribution is 2.23. The molecule has 134 valence electrons. The van der Waals surface area contributed by atoms with Crippen molar-refractivity contribution in [3.05, 3.63) is 48.2 Å². The highest BCUT2D eigenvalue weighted by Gasteiger charge is 2.27. The van der Waals surface area contributed by atoms with Gasteiger partial charge in [0.15, 0.2) is 0 Å². The fraction of sp³-hybridized carbons (Fsp3) is 0.368. The lowest BCUT2D eigenvalue weighted by molar-refractivity contribution is -0.124. The number of hydrogen-bond donors (Lipinski definition) is 2. The number of carbonyl (C=O) groups is 1. The second kappa shape index (κ2) is 7.98. The summed E-state index contributed by atoms with van der Waals surface area (Å²) in [5.74, 6) is 1.65. The van der Waals surface area contributed by atoms with Crippen LogP contribution >= 0.6 is 0 Å². The van der Waals surface area contributed by atoms with E-state index in [9.17, 15) is 4.79 Å². The average molecular weight is 343 g/mol. The van der Waals surface area contributed by atoms with E-state index in [1.54, 1.807) is 25.4 Å². The van der Waals surface area contributed by atoms with Crippen LogP contribution in [0.4, 0.5) is 0 Å². The first kappa shape index (κ1) is 18.7. The molecule has 1 atom stereocenters. The Morgan fingerprint density at radius 3 is 2.56 bits per heavy atom. The van der Waals surface area contributed by atoms with E-state index in [-0.39, 0.29) is 11.3 Å². The molecule has 0 bridgehead atoms. The van der Waals surface area contributed by atoms with E-state index in [1.165, 1.54) is 0 Å². The Balaban J connectivity index is 1.92. The first-order valence-corrected chi connectivity index (χ1v) is 8.10. The minimum atomic E-state index is -0.559. The van der Waals surface area contributed by atoms with Crippen molar-refractivity contribution in [3.8, 4) is 17.4 Å². The van der Waals surface area contributed by atoms with Gasteiger partial charge in [0.05, 0.1) is 13.2 Å². The van der Waals surface area contributed by atoms with Crippen molar-refractivity contribution in [1.29, 1.82) is 0 Å². The number of methoxy groups -OCH3 is 1. The normalized spacial score (nSPS) is 12.4. The summed E-state index contributed by atoms with van der Waals surface area (Å²) in [6.07, 6.45) is 1.67. The highest BCUT2D eigenvalue weighted by atomic mass is 16.5. The first-order valence-electron chi connectivity index (χ1n) is 8.10. The van der Waals surface area contributed by atoms with Crippen LogP contribution in [0, 0.1) is 5.41 Å². The Morgan fingerprint density at radius 2 is 1.96 bits per heavy atom. The van der Waals surface area contributed by atoms with Gasteiger partial charge in [0, 0.05) is 24.9 Å². The van der Waals surface area contributed by atoms with Crippen molar-refractivity contribution in [2.45, 2.75) is 33.4 Å². The van der Waals surface area contributed by atoms with Crippen LogP contribution in [0.2, 0.25) is 0 Å². The minimum absolute atomic E-state index is 0.177. The van der Waals surface area contributed by atoms with Crippen LogP contribution in [0.1, 0.15) is 26.3 Å². The summed E-state index contributed by atoms with van der Waals surface area (Å²) in [7, 11) is 1.60. The first-order chi connectivity index (χ1) is 11.8. The fourth-order valence-electron chi connectivity index (χ4n) is 2.05. The molecular weight excluding hydrogens is 318 g/mol. The van der Waals surface area contributed by atoms with E-state index in [4.69, 9.17) is 15.2 Å². The van der Waals surface area contributed by atoms with Gasteiger partial charge in [-0.3, -0.25) is 4.79 Å². The summed E-state index contributed by atoms with van der Waals surface area (Å²) < 4.78 is 10.8. The fourth-order valence-corrected chi connectivity index (χ4v) is 2.05. The summed E-state index contributed by atoms with van der Waals surface area (Å²) in [6.45, 7) is 6.17. The number of ether oxygens (including phenoxy) is 2. The lowest BCUT2D eigenvalue weighted by atomic mass is 9.87. The Hall–Kier alpha value is -2.60. The number of carbonyl (C=O) groups excluding carboxylic acids is 1. The minimum Gasteiger partial charge on any atom is -0.497 e. The molecule has 2 rings (SSSR count). The Morgan fingerprint density at radius 1 is 1.24 bits per heavy atom. The molecule has 1 amide bonds. The monoisotopic (exact) mass is 343 g/mol. The number of amides is 1. The third kappa shape index (κ3) is 5.46. The van der Waals surface area contributed by atoms with Crippen molar-refractivity contribution < 1.29 is 14.3 Å². The Kier molecular flexibility index (Phi) is 5.98. The van der Waals surface area contributed by atoms with Gasteiger partial charge < -0.3 is 20.5 Å². The molecule has 0 spiro atoms. The number of pyridine rings is 1. The SMILES string of the molecule is COc1cccc(Oc2ccc(CNC(=O)[C@@H](N)C(C)(C)C)cn2)c1. The molecular formula is C19H25N3O3. The molecule has 1 aromatic heterocycles. The molecule has 1 aromatic carbocycles. The molecule has 1 heterocycles. The maximum absolute atomic E-state index is 12.0. The number of nitrogens with one attached hydrogen (secondary N) is 1. The molecule has 0 radical (unpaired) electrons. The number of aromatic nitrogens is 1. The molecule has 0 aliphatic rings. The van der Waals surface area contributed by atoms with Crippen molar-refractivity contribution in [2.75, 3.05) is 7.11 Å². The van der Waals surface area contributed by atoms with Gasteiger partial charge in [-0.05, 0) is 23.1 Å². The van der Waals surface area contributed by atoms with Gasteiger partial charge in [-0.1, -0.05) is 32.9 Å². The van der Waals surface area contributed by atoms with Crippen LogP contribution in [-0.4, -0.2) is 24.0 Å². The highest BCUT2D eigenvalue weighted by molar-refractivity contribution is 5.82. The van der Waals surface area contributed by atoms with Crippen molar-refractivity contribution in [3.63, 3.8) is 0 Å². The summed E-state index contributed by atoms with van der Waals surface area (Å²) in [5.41, 5.74) is 6.52. The molecule has 0 saturated heterocycles. The maximum Gasteiger partial charge on any atom is 0.237 e. The summed E-state index contributed by atoms with van der Waals surface area (Å²) in [5, 5.41) is 2.83. The van der Waals surface area contributed by atoms with E-state index in [2.05, 4.69) is 10.3 Å².